The molecule has 3 rings (SSSR count). The molecule has 2 N–H and O–H groups in total. The van der Waals surface area contributed by atoms with E-state index in [9.17, 15) is 13.6 Å². The Morgan fingerprint density at radius 2 is 1.82 bits per heavy atom. The van der Waals surface area contributed by atoms with E-state index in [2.05, 4.69) is 20.5 Å². The second-order valence-corrected chi connectivity index (χ2v) is 4.48. The zero-order chi connectivity index (χ0) is 15.5. The molecule has 1 aromatic heterocycles. The monoisotopic (exact) mass is 300 g/mol. The number of aromatic amines is 1. The molecule has 2 aromatic carbocycles. The quantitative estimate of drug-likeness (QED) is 0.781. The van der Waals surface area contributed by atoms with Gasteiger partial charge < -0.3 is 0 Å². The summed E-state index contributed by atoms with van der Waals surface area (Å²) in [4.78, 5) is 16.0. The van der Waals surface area contributed by atoms with Crippen molar-refractivity contribution in [2.45, 2.75) is 0 Å². The zero-order valence-corrected chi connectivity index (χ0v) is 11.2. The van der Waals surface area contributed by atoms with Gasteiger partial charge in [-0.05, 0) is 42.5 Å². The van der Waals surface area contributed by atoms with E-state index in [1.807, 2.05) is 0 Å². The van der Waals surface area contributed by atoms with Crippen LogP contribution in [-0.2, 0) is 0 Å². The van der Waals surface area contributed by atoms with Gasteiger partial charge in [0.2, 0.25) is 5.95 Å². The van der Waals surface area contributed by atoms with Crippen LogP contribution in [0.3, 0.4) is 0 Å². The van der Waals surface area contributed by atoms with E-state index in [0.29, 0.717) is 11.4 Å². The van der Waals surface area contributed by atoms with Crippen LogP contribution in [0, 0.1) is 11.6 Å². The summed E-state index contributed by atoms with van der Waals surface area (Å²) in [5.41, 5.74) is 0.785. The summed E-state index contributed by atoms with van der Waals surface area (Å²) >= 11 is 0. The second-order valence-electron chi connectivity index (χ2n) is 4.48. The van der Waals surface area contributed by atoms with Gasteiger partial charge in [0.15, 0.2) is 5.82 Å². The van der Waals surface area contributed by atoms with Crippen molar-refractivity contribution < 1.29 is 13.6 Å². The minimum atomic E-state index is -0.524. The van der Waals surface area contributed by atoms with Gasteiger partial charge >= 0.3 is 0 Å². The number of nitrogens with zero attached hydrogens (tertiary/aromatic N) is 2. The van der Waals surface area contributed by atoms with Crippen LogP contribution < -0.4 is 5.32 Å². The van der Waals surface area contributed by atoms with Crippen LogP contribution in [0.25, 0.3) is 11.4 Å². The molecule has 0 bridgehead atoms. The number of carbonyl (C=O) groups excluding carboxylic acids is 1. The van der Waals surface area contributed by atoms with Crippen molar-refractivity contribution >= 4 is 11.9 Å². The molecular formula is C15H10F2N4O. The van der Waals surface area contributed by atoms with Gasteiger partial charge in [-0.25, -0.2) is 8.78 Å². The van der Waals surface area contributed by atoms with Crippen LogP contribution in [-0.4, -0.2) is 21.1 Å². The minimum Gasteiger partial charge on any atom is -0.289 e. The standard InChI is InChI=1S/C15H10F2N4O/c16-11-6-4-9(5-7-11)13-18-15(21-20-13)19-14(22)10-2-1-3-12(17)8-10/h1-8H,(H2,18,19,20,21,22). The fourth-order valence-corrected chi connectivity index (χ4v) is 1.86. The number of halogens is 2. The molecule has 0 aliphatic heterocycles. The lowest BCUT2D eigenvalue weighted by atomic mass is 10.2. The van der Waals surface area contributed by atoms with Crippen LogP contribution in [0.4, 0.5) is 14.7 Å². The average Bonchev–Trinajstić information content (AvgIpc) is 2.96. The number of hydrogen-bond donors (Lipinski definition) is 2. The van der Waals surface area contributed by atoms with Gasteiger partial charge in [0.05, 0.1) is 0 Å². The first-order chi connectivity index (χ1) is 10.6. The molecule has 0 aliphatic carbocycles. The molecule has 0 spiro atoms. The molecule has 1 amide bonds. The van der Waals surface area contributed by atoms with Gasteiger partial charge in [0.25, 0.3) is 5.91 Å². The maximum absolute atomic E-state index is 13.1. The van der Waals surface area contributed by atoms with Gasteiger partial charge in [-0.3, -0.25) is 15.2 Å². The predicted octanol–water partition coefficient (Wildman–Crippen LogP) is 3.00. The Kier molecular flexibility index (Phi) is 3.61. The van der Waals surface area contributed by atoms with E-state index in [4.69, 9.17) is 0 Å². The maximum atomic E-state index is 13.1. The van der Waals surface area contributed by atoms with Crippen molar-refractivity contribution in [3.05, 3.63) is 65.7 Å². The smallest absolute Gasteiger partial charge is 0.258 e. The number of amides is 1. The summed E-state index contributed by atoms with van der Waals surface area (Å²) in [5, 5.41) is 8.94. The third-order valence-corrected chi connectivity index (χ3v) is 2.92. The molecule has 0 fully saturated rings. The first-order valence-corrected chi connectivity index (χ1v) is 6.37. The molecule has 110 valence electrons. The van der Waals surface area contributed by atoms with Crippen LogP contribution in [0.5, 0.6) is 0 Å². The molecule has 0 unspecified atom stereocenters. The van der Waals surface area contributed by atoms with E-state index >= 15 is 0 Å². The van der Waals surface area contributed by atoms with E-state index in [0.717, 1.165) is 6.07 Å². The summed E-state index contributed by atoms with van der Waals surface area (Å²) in [7, 11) is 0. The molecule has 0 aliphatic rings. The third kappa shape index (κ3) is 2.98. The Bertz CT molecular complexity index is 814. The number of rotatable bonds is 3. The van der Waals surface area contributed by atoms with Gasteiger partial charge in [-0.1, -0.05) is 6.07 Å². The van der Waals surface area contributed by atoms with Gasteiger partial charge in [-0.2, -0.15) is 4.98 Å². The number of H-pyrrole nitrogens is 1. The predicted molar refractivity (Wildman–Crippen MR) is 76.1 cm³/mol. The average molecular weight is 300 g/mol. The first kappa shape index (κ1) is 13.9. The zero-order valence-electron chi connectivity index (χ0n) is 11.2. The van der Waals surface area contributed by atoms with E-state index in [1.165, 1.54) is 42.5 Å². The number of benzene rings is 2. The SMILES string of the molecule is O=C(Nc1n[nH]c(-c2ccc(F)cc2)n1)c1cccc(F)c1. The van der Waals surface area contributed by atoms with Gasteiger partial charge in [-0.15, -0.1) is 5.10 Å². The molecule has 0 saturated heterocycles. The highest BCUT2D eigenvalue weighted by Gasteiger charge is 2.11. The molecule has 5 nitrogen and oxygen atoms in total. The summed E-state index contributed by atoms with van der Waals surface area (Å²) in [6.07, 6.45) is 0. The number of aromatic nitrogens is 3. The van der Waals surface area contributed by atoms with Crippen molar-refractivity contribution in [3.63, 3.8) is 0 Å². The molecule has 1 heterocycles. The molecule has 3 aromatic rings. The van der Waals surface area contributed by atoms with E-state index in [1.54, 1.807) is 0 Å². The fourth-order valence-electron chi connectivity index (χ4n) is 1.86. The number of nitrogens with one attached hydrogen (secondary N) is 2. The summed E-state index contributed by atoms with van der Waals surface area (Å²) < 4.78 is 25.9. The lowest BCUT2D eigenvalue weighted by Gasteiger charge is -2.00. The normalized spacial score (nSPS) is 10.5. The highest BCUT2D eigenvalue weighted by atomic mass is 19.1. The Labute approximate surface area is 124 Å². The molecule has 7 heteroatoms. The fraction of sp³-hybridized carbons (Fsp3) is 0. The summed E-state index contributed by atoms with van der Waals surface area (Å²) in [5.74, 6) is -0.954. The van der Waals surface area contributed by atoms with Crippen molar-refractivity contribution in [3.8, 4) is 11.4 Å². The highest BCUT2D eigenvalue weighted by molar-refractivity contribution is 6.03. The van der Waals surface area contributed by atoms with Crippen molar-refractivity contribution in [1.29, 1.82) is 0 Å². The van der Waals surface area contributed by atoms with Crippen LogP contribution in [0.2, 0.25) is 0 Å². The lowest BCUT2D eigenvalue weighted by Crippen LogP contribution is -2.13. The number of hydrogen-bond acceptors (Lipinski definition) is 3. The van der Waals surface area contributed by atoms with E-state index in [-0.39, 0.29) is 17.3 Å². The van der Waals surface area contributed by atoms with Crippen molar-refractivity contribution in [2.24, 2.45) is 0 Å². The number of anilines is 1. The summed E-state index contributed by atoms with van der Waals surface area (Å²) in [6, 6.07) is 10.9. The Balaban J connectivity index is 1.77. The second kappa shape index (κ2) is 5.72. The Hall–Kier alpha value is -3.09. The molecule has 22 heavy (non-hydrogen) atoms. The molecule has 0 saturated carbocycles. The van der Waals surface area contributed by atoms with Crippen LogP contribution in [0.1, 0.15) is 10.4 Å². The Morgan fingerprint density at radius 1 is 1.05 bits per heavy atom. The molecular weight excluding hydrogens is 290 g/mol. The third-order valence-electron chi connectivity index (χ3n) is 2.92. The number of carbonyl (C=O) groups is 1. The highest BCUT2D eigenvalue weighted by Crippen LogP contribution is 2.16. The van der Waals surface area contributed by atoms with Gasteiger partial charge in [0.1, 0.15) is 11.6 Å². The molecule has 0 atom stereocenters. The first-order valence-electron chi connectivity index (χ1n) is 6.37. The van der Waals surface area contributed by atoms with Crippen LogP contribution >= 0.6 is 0 Å². The lowest BCUT2D eigenvalue weighted by molar-refractivity contribution is 0.102. The van der Waals surface area contributed by atoms with Crippen LogP contribution in [0.15, 0.2) is 48.5 Å². The molecule has 0 radical (unpaired) electrons. The largest absolute Gasteiger partial charge is 0.289 e. The minimum absolute atomic E-state index is 0.0496. The topological polar surface area (TPSA) is 70.7 Å². The Morgan fingerprint density at radius 3 is 2.55 bits per heavy atom. The van der Waals surface area contributed by atoms with Crippen molar-refractivity contribution in [1.82, 2.24) is 15.2 Å². The van der Waals surface area contributed by atoms with E-state index < -0.39 is 11.7 Å². The summed E-state index contributed by atoms with van der Waals surface area (Å²) in [6.45, 7) is 0. The van der Waals surface area contributed by atoms with Gasteiger partial charge in [0, 0.05) is 11.1 Å². The van der Waals surface area contributed by atoms with Crippen molar-refractivity contribution in [2.75, 3.05) is 5.32 Å². The maximum Gasteiger partial charge on any atom is 0.258 e.